The molecule has 1 aromatic rings. The van der Waals surface area contributed by atoms with Gasteiger partial charge >= 0.3 is 0 Å². The van der Waals surface area contributed by atoms with Crippen molar-refractivity contribution in [2.45, 2.75) is 26.7 Å². The number of Topliss-reactive ketones (excluding diaryl/α,β-unsaturated/α-hetero) is 1. The number of ketones is 1. The van der Waals surface area contributed by atoms with Gasteiger partial charge in [0.2, 0.25) is 0 Å². The van der Waals surface area contributed by atoms with E-state index in [-0.39, 0.29) is 18.8 Å². The van der Waals surface area contributed by atoms with Crippen LogP contribution in [-0.4, -0.2) is 17.5 Å². The maximum absolute atomic E-state index is 11.2. The Morgan fingerprint density at radius 3 is 2.57 bits per heavy atom. The average molecular weight is 192 g/mol. The Bertz CT molecular complexity index is 329. The van der Waals surface area contributed by atoms with Gasteiger partial charge in [-0.2, -0.15) is 0 Å². The van der Waals surface area contributed by atoms with E-state index in [2.05, 4.69) is 6.92 Å². The maximum Gasteiger partial charge on any atom is 0.139 e. The number of hydrogen-bond acceptors (Lipinski definition) is 2. The van der Waals surface area contributed by atoms with Gasteiger partial charge in [-0.05, 0) is 30.5 Å². The first-order chi connectivity index (χ1) is 6.63. The van der Waals surface area contributed by atoms with Crippen LogP contribution in [0.5, 0.6) is 0 Å². The van der Waals surface area contributed by atoms with Gasteiger partial charge in [-0.3, -0.25) is 4.79 Å². The van der Waals surface area contributed by atoms with Crippen molar-refractivity contribution in [3.05, 3.63) is 34.9 Å². The fraction of sp³-hybridized carbons (Fsp3) is 0.417. The van der Waals surface area contributed by atoms with Gasteiger partial charge in [0.25, 0.3) is 0 Å². The zero-order valence-corrected chi connectivity index (χ0v) is 8.71. The topological polar surface area (TPSA) is 37.3 Å². The van der Waals surface area contributed by atoms with E-state index in [0.29, 0.717) is 6.42 Å². The minimum Gasteiger partial charge on any atom is -0.396 e. The average Bonchev–Trinajstić information content (AvgIpc) is 2.12. The highest BCUT2D eigenvalue weighted by atomic mass is 16.3. The maximum atomic E-state index is 11.2. The van der Waals surface area contributed by atoms with Gasteiger partial charge in [0.15, 0.2) is 0 Å². The molecule has 0 unspecified atom stereocenters. The Labute approximate surface area is 84.6 Å². The lowest BCUT2D eigenvalue weighted by Crippen LogP contribution is -2.05. The second-order valence-corrected chi connectivity index (χ2v) is 3.61. The summed E-state index contributed by atoms with van der Waals surface area (Å²) in [5, 5.41) is 8.59. The lowest BCUT2D eigenvalue weighted by molar-refractivity contribution is -0.119. The predicted molar refractivity (Wildman–Crippen MR) is 56.3 cm³/mol. The Morgan fingerprint density at radius 2 is 2.00 bits per heavy atom. The van der Waals surface area contributed by atoms with Gasteiger partial charge in [-0.15, -0.1) is 0 Å². The molecule has 0 radical (unpaired) electrons. The Morgan fingerprint density at radius 1 is 1.29 bits per heavy atom. The summed E-state index contributed by atoms with van der Waals surface area (Å²) in [5.41, 5.74) is 3.48. The number of carbonyl (C=O) groups excluding carboxylic acids is 1. The van der Waals surface area contributed by atoms with Crippen LogP contribution < -0.4 is 0 Å². The zero-order valence-electron chi connectivity index (χ0n) is 8.71. The number of aryl methyl sites for hydroxylation is 2. The van der Waals surface area contributed by atoms with Crippen LogP contribution in [0, 0.1) is 13.8 Å². The van der Waals surface area contributed by atoms with Crippen molar-refractivity contribution >= 4 is 5.78 Å². The number of benzene rings is 1. The third-order valence-corrected chi connectivity index (χ3v) is 2.36. The molecule has 0 saturated heterocycles. The Balaban J connectivity index is 2.68. The van der Waals surface area contributed by atoms with E-state index in [4.69, 9.17) is 5.11 Å². The molecule has 1 N–H and O–H groups in total. The molecule has 0 bridgehead atoms. The molecule has 2 heteroatoms. The van der Waals surface area contributed by atoms with Crippen molar-refractivity contribution in [2.24, 2.45) is 0 Å². The Hall–Kier alpha value is -1.15. The highest BCUT2D eigenvalue weighted by Crippen LogP contribution is 2.10. The number of carbonyl (C=O) groups is 1. The highest BCUT2D eigenvalue weighted by molar-refractivity contribution is 5.80. The standard InChI is InChI=1S/C12H16O2/c1-9-3-4-11(7-10(9)2)8-12(14)5-6-13/h3-4,7,13H,5-6,8H2,1-2H3. The number of aliphatic hydroxyl groups excluding tert-OH is 1. The van der Waals surface area contributed by atoms with Crippen LogP contribution in [0.25, 0.3) is 0 Å². The van der Waals surface area contributed by atoms with Crippen molar-refractivity contribution in [3.63, 3.8) is 0 Å². The quantitative estimate of drug-likeness (QED) is 0.789. The van der Waals surface area contributed by atoms with E-state index >= 15 is 0 Å². The molecule has 14 heavy (non-hydrogen) atoms. The summed E-state index contributed by atoms with van der Waals surface area (Å²) < 4.78 is 0. The third kappa shape index (κ3) is 2.96. The molecule has 0 atom stereocenters. The molecule has 0 amide bonds. The number of aliphatic hydroxyl groups is 1. The van der Waals surface area contributed by atoms with Crippen LogP contribution in [0.1, 0.15) is 23.1 Å². The monoisotopic (exact) mass is 192 g/mol. The molecular weight excluding hydrogens is 176 g/mol. The molecule has 0 aromatic heterocycles. The molecule has 2 nitrogen and oxygen atoms in total. The van der Waals surface area contributed by atoms with E-state index in [1.165, 1.54) is 11.1 Å². The molecule has 0 saturated carbocycles. The van der Waals surface area contributed by atoms with Gasteiger partial charge in [0.1, 0.15) is 5.78 Å². The van der Waals surface area contributed by atoms with Crippen molar-refractivity contribution in [1.82, 2.24) is 0 Å². The fourth-order valence-electron chi connectivity index (χ4n) is 1.35. The molecule has 0 aliphatic heterocycles. The van der Waals surface area contributed by atoms with Gasteiger partial charge in [-0.1, -0.05) is 18.2 Å². The van der Waals surface area contributed by atoms with Gasteiger partial charge in [-0.25, -0.2) is 0 Å². The molecule has 0 fully saturated rings. The van der Waals surface area contributed by atoms with Gasteiger partial charge < -0.3 is 5.11 Å². The number of rotatable bonds is 4. The molecule has 1 aromatic carbocycles. The van der Waals surface area contributed by atoms with Crippen LogP contribution >= 0.6 is 0 Å². The van der Waals surface area contributed by atoms with Crippen molar-refractivity contribution in [3.8, 4) is 0 Å². The first kappa shape index (κ1) is 10.9. The normalized spacial score (nSPS) is 10.2. The summed E-state index contributed by atoms with van der Waals surface area (Å²) in [5.74, 6) is 0.0933. The van der Waals surface area contributed by atoms with E-state index < -0.39 is 0 Å². The van der Waals surface area contributed by atoms with Crippen molar-refractivity contribution in [1.29, 1.82) is 0 Å². The summed E-state index contributed by atoms with van der Waals surface area (Å²) in [6.45, 7) is 4.04. The molecular formula is C12H16O2. The fourth-order valence-corrected chi connectivity index (χ4v) is 1.35. The van der Waals surface area contributed by atoms with E-state index in [1.54, 1.807) is 0 Å². The summed E-state index contributed by atoms with van der Waals surface area (Å²) in [4.78, 5) is 11.2. The van der Waals surface area contributed by atoms with E-state index in [9.17, 15) is 4.79 Å². The minimum atomic E-state index is -0.0519. The van der Waals surface area contributed by atoms with Crippen molar-refractivity contribution < 1.29 is 9.90 Å². The smallest absolute Gasteiger partial charge is 0.139 e. The minimum absolute atomic E-state index is 0.0519. The summed E-state index contributed by atoms with van der Waals surface area (Å²) in [6.07, 6.45) is 0.689. The molecule has 0 spiro atoms. The van der Waals surface area contributed by atoms with Crippen LogP contribution in [0.2, 0.25) is 0 Å². The Kier molecular flexibility index (Phi) is 3.84. The zero-order chi connectivity index (χ0) is 10.6. The number of hydrogen-bond donors (Lipinski definition) is 1. The molecule has 0 heterocycles. The molecule has 76 valence electrons. The second-order valence-electron chi connectivity index (χ2n) is 3.61. The van der Waals surface area contributed by atoms with Crippen LogP contribution in [0.15, 0.2) is 18.2 Å². The van der Waals surface area contributed by atoms with Gasteiger partial charge in [0.05, 0.1) is 0 Å². The SMILES string of the molecule is Cc1ccc(CC(=O)CCO)cc1C. The largest absolute Gasteiger partial charge is 0.396 e. The van der Waals surface area contributed by atoms with Crippen LogP contribution in [-0.2, 0) is 11.2 Å². The first-order valence-corrected chi connectivity index (χ1v) is 4.82. The van der Waals surface area contributed by atoms with Gasteiger partial charge in [0, 0.05) is 19.4 Å². The lowest BCUT2D eigenvalue weighted by Gasteiger charge is -2.04. The molecule has 1 rings (SSSR count). The molecule has 0 aliphatic rings. The summed E-state index contributed by atoms with van der Waals surface area (Å²) in [7, 11) is 0. The highest BCUT2D eigenvalue weighted by Gasteiger charge is 2.03. The van der Waals surface area contributed by atoms with E-state index in [1.807, 2.05) is 25.1 Å². The predicted octanol–water partition coefficient (Wildman–Crippen LogP) is 1.80. The van der Waals surface area contributed by atoms with E-state index in [0.717, 1.165) is 5.56 Å². The van der Waals surface area contributed by atoms with Crippen molar-refractivity contribution in [2.75, 3.05) is 6.61 Å². The van der Waals surface area contributed by atoms with Crippen LogP contribution in [0.4, 0.5) is 0 Å². The first-order valence-electron chi connectivity index (χ1n) is 4.82. The van der Waals surface area contributed by atoms with Crippen LogP contribution in [0.3, 0.4) is 0 Å². The third-order valence-electron chi connectivity index (χ3n) is 2.36. The lowest BCUT2D eigenvalue weighted by atomic mass is 10.0. The second kappa shape index (κ2) is 4.91. The summed E-state index contributed by atoms with van der Waals surface area (Å²) in [6, 6.07) is 6.03. The summed E-state index contributed by atoms with van der Waals surface area (Å²) >= 11 is 0. The molecule has 0 aliphatic carbocycles.